The Kier molecular flexibility index (Phi) is 5.16. The number of benzene rings is 1. The highest BCUT2D eigenvalue weighted by Crippen LogP contribution is 2.30. The van der Waals surface area contributed by atoms with Gasteiger partial charge in [-0.1, -0.05) is 26.0 Å². The molecule has 1 amide bonds. The summed E-state index contributed by atoms with van der Waals surface area (Å²) in [5.41, 5.74) is 5.04. The molecule has 2 atom stereocenters. The zero-order valence-corrected chi connectivity index (χ0v) is 11.7. The molecule has 20 heavy (non-hydrogen) atoms. The van der Waals surface area contributed by atoms with Gasteiger partial charge >= 0.3 is 6.18 Å². The van der Waals surface area contributed by atoms with Gasteiger partial charge in [0.05, 0.1) is 11.6 Å². The van der Waals surface area contributed by atoms with E-state index in [4.69, 9.17) is 5.73 Å². The zero-order chi connectivity index (χ0) is 15.5. The van der Waals surface area contributed by atoms with Gasteiger partial charge in [-0.05, 0) is 30.5 Å². The summed E-state index contributed by atoms with van der Waals surface area (Å²) in [6.45, 7) is 5.34. The number of carbonyl (C=O) groups excluding carboxylic acids is 1. The van der Waals surface area contributed by atoms with Crippen LogP contribution < -0.4 is 11.1 Å². The third kappa shape index (κ3) is 4.23. The molecule has 1 aromatic rings. The average molecular weight is 288 g/mol. The van der Waals surface area contributed by atoms with E-state index in [0.29, 0.717) is 5.56 Å². The van der Waals surface area contributed by atoms with Gasteiger partial charge in [0.1, 0.15) is 0 Å². The van der Waals surface area contributed by atoms with Crippen LogP contribution in [0.2, 0.25) is 0 Å². The topological polar surface area (TPSA) is 55.1 Å². The van der Waals surface area contributed by atoms with E-state index < -0.39 is 29.7 Å². The van der Waals surface area contributed by atoms with Gasteiger partial charge in [-0.2, -0.15) is 13.2 Å². The van der Waals surface area contributed by atoms with Crippen LogP contribution in [0.15, 0.2) is 24.3 Å². The number of nitrogens with one attached hydrogen (secondary N) is 1. The van der Waals surface area contributed by atoms with Crippen LogP contribution in [0, 0.1) is 5.92 Å². The maximum atomic E-state index is 12.7. The summed E-state index contributed by atoms with van der Waals surface area (Å²) in [5.74, 6) is -0.556. The smallest absolute Gasteiger partial charge is 0.368 e. The van der Waals surface area contributed by atoms with Crippen LogP contribution in [0.4, 0.5) is 13.2 Å². The predicted octanol–water partition coefficient (Wildman–Crippen LogP) is 2.87. The fourth-order valence-electron chi connectivity index (χ4n) is 1.95. The second-order valence-electron chi connectivity index (χ2n) is 5.14. The van der Waals surface area contributed by atoms with Gasteiger partial charge in [-0.15, -0.1) is 0 Å². The third-order valence-corrected chi connectivity index (χ3v) is 3.12. The predicted molar refractivity (Wildman–Crippen MR) is 70.8 cm³/mol. The molecule has 3 N–H and O–H groups in total. The largest absolute Gasteiger partial charge is 0.416 e. The Bertz CT molecular complexity index is 472. The first-order chi connectivity index (χ1) is 9.12. The lowest BCUT2D eigenvalue weighted by atomic mass is 9.99. The quantitative estimate of drug-likeness (QED) is 0.875. The summed E-state index contributed by atoms with van der Waals surface area (Å²) in [4.78, 5) is 11.3. The molecule has 3 nitrogen and oxygen atoms in total. The Morgan fingerprint density at radius 3 is 2.30 bits per heavy atom. The van der Waals surface area contributed by atoms with Crippen molar-refractivity contribution < 1.29 is 18.0 Å². The number of primary amides is 1. The lowest BCUT2D eigenvalue weighted by Gasteiger charge is -2.24. The summed E-state index contributed by atoms with van der Waals surface area (Å²) in [6, 6.07) is 4.05. The van der Waals surface area contributed by atoms with E-state index >= 15 is 0 Å². The molecule has 0 saturated carbocycles. The molecule has 0 saturated heterocycles. The van der Waals surface area contributed by atoms with Gasteiger partial charge in [0.25, 0.3) is 0 Å². The van der Waals surface area contributed by atoms with Crippen LogP contribution in [0.5, 0.6) is 0 Å². The van der Waals surface area contributed by atoms with Crippen molar-refractivity contribution in [2.45, 2.75) is 39.0 Å². The lowest BCUT2D eigenvalue weighted by molar-refractivity contribution is -0.137. The van der Waals surface area contributed by atoms with Crippen molar-refractivity contribution >= 4 is 5.91 Å². The Labute approximate surface area is 116 Å². The average Bonchev–Trinajstić information content (AvgIpc) is 2.34. The summed E-state index contributed by atoms with van der Waals surface area (Å²) >= 11 is 0. The van der Waals surface area contributed by atoms with Gasteiger partial charge in [0, 0.05) is 6.04 Å². The number of alkyl halides is 3. The minimum atomic E-state index is -4.38. The fraction of sp³-hybridized carbons (Fsp3) is 0.500. The maximum absolute atomic E-state index is 12.7. The molecule has 2 unspecified atom stereocenters. The summed E-state index contributed by atoms with van der Waals surface area (Å²) < 4.78 is 38.0. The first-order valence-corrected chi connectivity index (χ1v) is 6.35. The van der Waals surface area contributed by atoms with E-state index in [1.165, 1.54) is 6.07 Å². The molecular weight excluding hydrogens is 269 g/mol. The Morgan fingerprint density at radius 1 is 1.25 bits per heavy atom. The maximum Gasteiger partial charge on any atom is 0.416 e. The van der Waals surface area contributed by atoms with Crippen LogP contribution in [-0.4, -0.2) is 11.9 Å². The van der Waals surface area contributed by atoms with Crippen molar-refractivity contribution in [1.29, 1.82) is 0 Å². The summed E-state index contributed by atoms with van der Waals surface area (Å²) in [7, 11) is 0. The molecule has 0 fully saturated rings. The van der Waals surface area contributed by atoms with Crippen LogP contribution in [-0.2, 0) is 11.0 Å². The van der Waals surface area contributed by atoms with Gasteiger partial charge in [-0.25, -0.2) is 0 Å². The molecule has 1 aromatic carbocycles. The van der Waals surface area contributed by atoms with Gasteiger partial charge in [0.15, 0.2) is 0 Å². The molecule has 0 aliphatic heterocycles. The highest BCUT2D eigenvalue weighted by atomic mass is 19.4. The number of amides is 1. The second kappa shape index (κ2) is 6.26. The van der Waals surface area contributed by atoms with Crippen molar-refractivity contribution in [3.63, 3.8) is 0 Å². The first-order valence-electron chi connectivity index (χ1n) is 6.35. The van der Waals surface area contributed by atoms with E-state index in [1.54, 1.807) is 13.0 Å². The highest BCUT2D eigenvalue weighted by molar-refractivity contribution is 5.80. The van der Waals surface area contributed by atoms with E-state index in [2.05, 4.69) is 5.32 Å². The molecule has 0 radical (unpaired) electrons. The lowest BCUT2D eigenvalue weighted by Crippen LogP contribution is -2.45. The van der Waals surface area contributed by atoms with Crippen LogP contribution in [0.1, 0.15) is 37.9 Å². The number of rotatable bonds is 5. The van der Waals surface area contributed by atoms with Crippen molar-refractivity contribution in [2.24, 2.45) is 11.7 Å². The van der Waals surface area contributed by atoms with Gasteiger partial charge < -0.3 is 5.73 Å². The fourth-order valence-corrected chi connectivity index (χ4v) is 1.95. The normalized spacial score (nSPS) is 15.2. The minimum absolute atomic E-state index is 0.0410. The van der Waals surface area contributed by atoms with E-state index in [1.807, 2.05) is 13.8 Å². The molecule has 1 rings (SSSR count). The number of hydrogen-bond donors (Lipinski definition) is 2. The number of carbonyl (C=O) groups is 1. The van der Waals surface area contributed by atoms with Crippen LogP contribution in [0.25, 0.3) is 0 Å². The summed E-state index contributed by atoms with van der Waals surface area (Å²) in [6.07, 6.45) is -4.38. The zero-order valence-electron chi connectivity index (χ0n) is 11.7. The molecule has 0 heterocycles. The number of halogens is 3. The first kappa shape index (κ1) is 16.5. The monoisotopic (exact) mass is 288 g/mol. The molecule has 0 aliphatic rings. The van der Waals surface area contributed by atoms with Gasteiger partial charge in [0.2, 0.25) is 5.91 Å². The summed E-state index contributed by atoms with van der Waals surface area (Å²) in [5, 5.41) is 2.97. The number of nitrogens with two attached hydrogens (primary N) is 1. The van der Waals surface area contributed by atoms with Crippen LogP contribution in [0.3, 0.4) is 0 Å². The van der Waals surface area contributed by atoms with E-state index in [9.17, 15) is 18.0 Å². The Hall–Kier alpha value is -1.56. The molecule has 0 aromatic heterocycles. The van der Waals surface area contributed by atoms with Crippen molar-refractivity contribution in [3.8, 4) is 0 Å². The molecule has 0 bridgehead atoms. The van der Waals surface area contributed by atoms with Crippen molar-refractivity contribution in [3.05, 3.63) is 35.4 Å². The van der Waals surface area contributed by atoms with Gasteiger partial charge in [-0.3, -0.25) is 10.1 Å². The van der Waals surface area contributed by atoms with E-state index in [-0.39, 0.29) is 5.92 Å². The highest BCUT2D eigenvalue weighted by Gasteiger charge is 2.31. The van der Waals surface area contributed by atoms with E-state index in [0.717, 1.165) is 12.1 Å². The standard InChI is InChI=1S/C14H19F3N2O/c1-8(2)12(13(18)20)19-9(3)10-5-4-6-11(7-10)14(15,16)17/h4-9,12,19H,1-3H3,(H2,18,20). The third-order valence-electron chi connectivity index (χ3n) is 3.12. The van der Waals surface area contributed by atoms with Crippen LogP contribution >= 0.6 is 0 Å². The molecular formula is C14H19F3N2O. The molecule has 112 valence electrons. The second-order valence-corrected chi connectivity index (χ2v) is 5.14. The molecule has 0 aliphatic carbocycles. The van der Waals surface area contributed by atoms with Crippen molar-refractivity contribution in [1.82, 2.24) is 5.32 Å². The minimum Gasteiger partial charge on any atom is -0.368 e. The SMILES string of the molecule is CC(NC(C(N)=O)C(C)C)c1cccc(C(F)(F)F)c1. The number of hydrogen-bond acceptors (Lipinski definition) is 2. The Morgan fingerprint density at radius 2 is 1.85 bits per heavy atom. The molecule has 0 spiro atoms. The van der Waals surface area contributed by atoms with Crippen molar-refractivity contribution in [2.75, 3.05) is 0 Å². The molecule has 6 heteroatoms. The Balaban J connectivity index is 2.92.